The second-order valence-electron chi connectivity index (χ2n) is 14.8. The van der Waals surface area contributed by atoms with E-state index in [1.165, 1.54) is 29.1 Å². The maximum atomic E-state index is 14.6. The summed E-state index contributed by atoms with van der Waals surface area (Å²) in [5.74, 6) is -9.42. The predicted molar refractivity (Wildman–Crippen MR) is 197 cm³/mol. The van der Waals surface area contributed by atoms with Crippen molar-refractivity contribution < 1.29 is 44.9 Å². The van der Waals surface area contributed by atoms with E-state index in [1.54, 1.807) is 116 Å². The molecule has 3 fully saturated rings. The molecular weight excluding hydrogens is 798 g/mol. The molecule has 50 heavy (non-hydrogen) atoms. The zero-order valence-corrected chi connectivity index (χ0v) is 33.8. The van der Waals surface area contributed by atoms with Gasteiger partial charge in [-0.1, -0.05) is 19.3 Å². The van der Waals surface area contributed by atoms with Crippen LogP contribution in [0.4, 0.5) is 22.0 Å². The molecule has 0 unspecified atom stereocenters. The van der Waals surface area contributed by atoms with E-state index < -0.39 is 48.2 Å². The first-order valence-electron chi connectivity index (χ1n) is 18.4. The zero-order chi connectivity index (χ0) is 36.1. The van der Waals surface area contributed by atoms with Crippen LogP contribution in [-0.4, -0.2) is 38.0 Å². The third kappa shape index (κ3) is 9.35. The van der Waals surface area contributed by atoms with Gasteiger partial charge in [0.1, 0.15) is 0 Å². The van der Waals surface area contributed by atoms with Crippen LogP contribution in [0.3, 0.4) is 0 Å². The molecule has 0 heterocycles. The summed E-state index contributed by atoms with van der Waals surface area (Å²) >= 11 is -2.68. The van der Waals surface area contributed by atoms with Crippen molar-refractivity contribution in [3.63, 3.8) is 0 Å². The first-order chi connectivity index (χ1) is 23.9. The van der Waals surface area contributed by atoms with E-state index in [0.717, 1.165) is 0 Å². The summed E-state index contributed by atoms with van der Waals surface area (Å²) in [5, 5.41) is 0. The Morgan fingerprint density at radius 2 is 1.10 bits per heavy atom. The number of ether oxygens (including phenoxy) is 2. The van der Waals surface area contributed by atoms with Gasteiger partial charge in [0.2, 0.25) is 0 Å². The van der Waals surface area contributed by atoms with E-state index in [1.807, 2.05) is 13.8 Å². The Morgan fingerprint density at radius 3 is 1.50 bits per heavy atom. The summed E-state index contributed by atoms with van der Waals surface area (Å²) in [6, 6.07) is 3.11. The molecule has 280 valence electrons. The standard InChI is InChI=1S/C21H17F5O2.C18H33P.2ClH.Ru/c1-9(2)27-11-7-14-12(15(8-11)28-10(3)4)5-6-13(14)16-17(22)19(24)21(26)20(25)18(16)23;1-4-10-16(11-5-1)19(17-12-6-2-7-13-17)18-14-8-3-9-15-18;;;/h6-10H,1-4H3;16-18H,1-15H2;2*1H;/q;;;;+2. The van der Waals surface area contributed by atoms with Gasteiger partial charge in [0.15, 0.2) is 0 Å². The molecule has 6 rings (SSSR count). The molecule has 0 aliphatic heterocycles. The summed E-state index contributed by atoms with van der Waals surface area (Å²) in [4.78, 5) is 0. The third-order valence-electron chi connectivity index (χ3n) is 10.5. The molecular formula is C39H52Cl2F5O2PRu+2. The van der Waals surface area contributed by atoms with Crippen molar-refractivity contribution in [1.29, 1.82) is 0 Å². The maximum absolute atomic E-state index is 14.6. The molecule has 0 bridgehead atoms. The first-order valence-corrected chi connectivity index (χ1v) is 25.5. The Hall–Kier alpha value is -1.07. The van der Waals surface area contributed by atoms with E-state index in [4.69, 9.17) is 24.1 Å². The van der Waals surface area contributed by atoms with Gasteiger partial charge >= 0.3 is 189 Å². The van der Waals surface area contributed by atoms with Crippen molar-refractivity contribution in [2.24, 2.45) is 0 Å². The fourth-order valence-electron chi connectivity index (χ4n) is 8.51. The van der Waals surface area contributed by atoms with Gasteiger partial charge in [-0.05, 0) is 77.0 Å². The van der Waals surface area contributed by atoms with E-state index in [-0.39, 0.29) is 31.3 Å². The first kappa shape index (κ1) is 40.1. The molecule has 11 heteroatoms. The van der Waals surface area contributed by atoms with E-state index in [0.29, 0.717) is 21.2 Å². The van der Waals surface area contributed by atoms with Crippen molar-refractivity contribution in [3.05, 3.63) is 64.0 Å². The Bertz CT molecular complexity index is 1490. The normalized spacial score (nSPS) is 19.4. The SMILES string of the molecule is C1CCC([PH+](C2CCCCC2)C2CCCCC2)CC1.CC(C)Oc1cc([OH+]C(C)C)c2c(c1)C(c1c(F)c(F)c(F)c(F)c1F)=C[C]2=[Ru]([Cl])[Cl]. The van der Waals surface area contributed by atoms with Crippen LogP contribution in [0.2, 0.25) is 0 Å². The van der Waals surface area contributed by atoms with Gasteiger partial charge in [0.25, 0.3) is 0 Å². The number of aliphatic hydroxyl groups is 1. The average Bonchev–Trinajstić information content (AvgIpc) is 3.48. The number of aromatic hydroxyl groups is 1. The van der Waals surface area contributed by atoms with Crippen LogP contribution in [0.5, 0.6) is 11.5 Å². The van der Waals surface area contributed by atoms with Gasteiger partial charge in [0, 0.05) is 7.92 Å². The molecule has 0 amide bonds. The van der Waals surface area contributed by atoms with Crippen LogP contribution in [-0.2, 0) is 13.5 Å². The number of benzene rings is 2. The summed E-state index contributed by atoms with van der Waals surface area (Å²) in [5.41, 5.74) is 3.02. The van der Waals surface area contributed by atoms with Gasteiger partial charge < -0.3 is 0 Å². The summed E-state index contributed by atoms with van der Waals surface area (Å²) in [6.07, 6.45) is 24.7. The molecule has 0 aromatic heterocycles. The summed E-state index contributed by atoms with van der Waals surface area (Å²) < 4.78 is 81.3. The van der Waals surface area contributed by atoms with Crippen molar-refractivity contribution in [3.8, 4) is 11.5 Å². The van der Waals surface area contributed by atoms with Crippen LogP contribution in [0, 0.1) is 29.1 Å². The van der Waals surface area contributed by atoms with Gasteiger partial charge in [0.05, 0.1) is 17.0 Å². The van der Waals surface area contributed by atoms with Crippen LogP contribution < -0.4 is 4.74 Å². The Labute approximate surface area is 309 Å². The molecule has 4 aliphatic carbocycles. The zero-order valence-electron chi connectivity index (χ0n) is 29.6. The minimum absolute atomic E-state index is 0.0465. The van der Waals surface area contributed by atoms with Crippen LogP contribution >= 0.6 is 27.3 Å². The van der Waals surface area contributed by atoms with Crippen LogP contribution in [0.15, 0.2) is 18.2 Å². The van der Waals surface area contributed by atoms with Crippen LogP contribution in [0.1, 0.15) is 141 Å². The molecule has 0 spiro atoms. The minimum atomic E-state index is -2.68. The van der Waals surface area contributed by atoms with Crippen molar-refractivity contribution in [2.45, 2.75) is 153 Å². The molecule has 2 aromatic rings. The van der Waals surface area contributed by atoms with Gasteiger partial charge in [-0.25, -0.2) is 0 Å². The van der Waals surface area contributed by atoms with Crippen molar-refractivity contribution in [1.82, 2.24) is 0 Å². The number of fused-ring (bicyclic) bond motifs is 1. The second-order valence-corrected chi connectivity index (χ2v) is 24.0. The van der Waals surface area contributed by atoms with Gasteiger partial charge in [-0.2, -0.15) is 0 Å². The van der Waals surface area contributed by atoms with Crippen LogP contribution in [0.25, 0.3) is 5.57 Å². The molecule has 2 nitrogen and oxygen atoms in total. The topological polar surface area (TPSA) is 22.0 Å². The Balaban J connectivity index is 0.000000217. The molecule has 1 N–H and O–H groups in total. The van der Waals surface area contributed by atoms with Crippen molar-refractivity contribution in [2.75, 3.05) is 0 Å². The number of allylic oxidation sites excluding steroid dienone is 1. The van der Waals surface area contributed by atoms with Gasteiger partial charge in [-0.3, -0.25) is 0 Å². The molecule has 0 atom stereocenters. The summed E-state index contributed by atoms with van der Waals surface area (Å²) in [7, 11) is 12.4. The number of rotatable bonds is 8. The quantitative estimate of drug-likeness (QED) is 0.0648. The monoisotopic (exact) mass is 850 g/mol. The Morgan fingerprint density at radius 1 is 0.660 bits per heavy atom. The van der Waals surface area contributed by atoms with Gasteiger partial charge in [-0.15, -0.1) is 0 Å². The number of hydrogen-bond donors (Lipinski definition) is 0. The third-order valence-corrected chi connectivity index (χ3v) is 18.2. The molecule has 0 radical (unpaired) electrons. The second kappa shape index (κ2) is 18.3. The summed E-state index contributed by atoms with van der Waals surface area (Å²) in [6.45, 7) is 7.22. The fourth-order valence-corrected chi connectivity index (χ4v) is 16.2. The number of hydrogen-bond acceptors (Lipinski definition) is 1. The Kier molecular flexibility index (Phi) is 14.7. The average molecular weight is 851 g/mol. The molecule has 0 saturated heterocycles. The van der Waals surface area contributed by atoms with E-state index in [9.17, 15) is 22.0 Å². The number of halogens is 7. The predicted octanol–water partition coefficient (Wildman–Crippen LogP) is 12.9. The van der Waals surface area contributed by atoms with E-state index in [2.05, 4.69) is 4.74 Å². The van der Waals surface area contributed by atoms with E-state index >= 15 is 0 Å². The van der Waals surface area contributed by atoms with Crippen molar-refractivity contribution >= 4 is 37.0 Å². The molecule has 2 aromatic carbocycles. The fraction of sp³-hybridized carbons (Fsp3) is 0.615. The molecule has 4 aliphatic rings. The molecule has 3 saturated carbocycles.